The second-order valence-corrected chi connectivity index (χ2v) is 6.89. The lowest BCUT2D eigenvalue weighted by Gasteiger charge is -2.05. The molecule has 0 atom stereocenters. The first-order valence-corrected chi connectivity index (χ1v) is 8.48. The Bertz CT molecular complexity index is 846. The minimum absolute atomic E-state index is 0.385. The van der Waals surface area contributed by atoms with Crippen molar-refractivity contribution in [1.29, 1.82) is 0 Å². The summed E-state index contributed by atoms with van der Waals surface area (Å²) in [6.07, 6.45) is 0. The molecular weight excluding hydrogens is 339 g/mol. The SMILES string of the molecule is COc1ccc2c(Cl)cc(-c3nc(C(C)C)cs3)nc2c1[ClH+]. The maximum absolute atomic E-state index is 6.40. The summed E-state index contributed by atoms with van der Waals surface area (Å²) in [5.74, 6) is 1.01. The van der Waals surface area contributed by atoms with Crippen molar-refractivity contribution < 1.29 is 16.3 Å². The molecule has 2 aromatic heterocycles. The molecule has 1 aromatic carbocycles. The molecule has 3 rings (SSSR count). The summed E-state index contributed by atoms with van der Waals surface area (Å²) < 4.78 is 5.27. The van der Waals surface area contributed by atoms with Crippen LogP contribution in [0.1, 0.15) is 25.5 Å². The molecule has 0 saturated carbocycles. The molecule has 6 heteroatoms. The van der Waals surface area contributed by atoms with Crippen molar-refractivity contribution in [2.45, 2.75) is 19.8 Å². The lowest BCUT2D eigenvalue weighted by atomic mass is 10.1. The van der Waals surface area contributed by atoms with Gasteiger partial charge in [0.25, 0.3) is 5.02 Å². The normalized spacial score (nSPS) is 11.4. The standard InChI is InChI=1S/C16H15Cl2N2OS/c1-8(2)12-7-22-16(20-12)11-6-10(17)9-4-5-13(21-3)14(18)15(9)19-11/h4-8,18H,1-3H3/q+1. The summed E-state index contributed by atoms with van der Waals surface area (Å²) in [6.45, 7) is 4.23. The molecule has 0 bridgehead atoms. The quantitative estimate of drug-likeness (QED) is 0.675. The zero-order chi connectivity index (χ0) is 15.9. The Balaban J connectivity index is 2.20. The maximum Gasteiger partial charge on any atom is 0.293 e. The molecule has 3 aromatic rings. The maximum atomic E-state index is 6.40. The topological polar surface area (TPSA) is 35.0 Å². The van der Waals surface area contributed by atoms with Gasteiger partial charge in [0.1, 0.15) is 16.2 Å². The molecular formula is C16H15Cl2N2OS+. The van der Waals surface area contributed by atoms with Crippen LogP contribution in [0, 0.1) is 11.6 Å². The van der Waals surface area contributed by atoms with Gasteiger partial charge in [-0.15, -0.1) is 11.3 Å². The third-order valence-corrected chi connectivity index (χ3v) is 4.99. The van der Waals surface area contributed by atoms with E-state index in [0.717, 1.165) is 21.8 Å². The zero-order valence-electron chi connectivity index (χ0n) is 12.4. The number of ether oxygens (including phenoxy) is 1. The first-order chi connectivity index (χ1) is 10.5. The number of hydrogen-bond acceptors (Lipinski definition) is 4. The van der Waals surface area contributed by atoms with Gasteiger partial charge in [0, 0.05) is 10.8 Å². The summed E-state index contributed by atoms with van der Waals surface area (Å²) in [5, 5.41) is 4.93. The molecule has 114 valence electrons. The minimum atomic E-state index is 0.385. The molecule has 3 nitrogen and oxygen atoms in total. The van der Waals surface area contributed by atoms with E-state index in [4.69, 9.17) is 27.9 Å². The molecule has 0 N–H and O–H groups in total. The highest BCUT2D eigenvalue weighted by molar-refractivity contribution is 7.13. The Kier molecular flexibility index (Phi) is 4.26. The number of hydrogen-bond donors (Lipinski definition) is 0. The first-order valence-electron chi connectivity index (χ1n) is 6.81. The van der Waals surface area contributed by atoms with Crippen molar-refractivity contribution in [3.63, 3.8) is 0 Å². The van der Waals surface area contributed by atoms with Gasteiger partial charge >= 0.3 is 0 Å². The molecule has 0 amide bonds. The first kappa shape index (κ1) is 15.5. The summed E-state index contributed by atoms with van der Waals surface area (Å²) >= 11 is 13.4. The van der Waals surface area contributed by atoms with E-state index in [-0.39, 0.29) is 0 Å². The Morgan fingerprint density at radius 2 is 2.05 bits per heavy atom. The highest BCUT2D eigenvalue weighted by Crippen LogP contribution is 2.35. The molecule has 0 unspecified atom stereocenters. The van der Waals surface area contributed by atoms with Crippen molar-refractivity contribution in [3.05, 3.63) is 39.3 Å². The van der Waals surface area contributed by atoms with Gasteiger partial charge < -0.3 is 4.74 Å². The number of thiazole rings is 1. The van der Waals surface area contributed by atoms with Crippen LogP contribution in [0.2, 0.25) is 10.0 Å². The fourth-order valence-corrected chi connectivity index (χ4v) is 3.65. The monoisotopic (exact) mass is 353 g/mol. The Labute approximate surface area is 142 Å². The highest BCUT2D eigenvalue weighted by atomic mass is 35.5. The van der Waals surface area contributed by atoms with Crippen LogP contribution in [0.4, 0.5) is 0 Å². The Hall–Kier alpha value is -1.36. The van der Waals surface area contributed by atoms with Crippen molar-refractivity contribution in [1.82, 2.24) is 9.97 Å². The van der Waals surface area contributed by atoms with Crippen LogP contribution in [0.15, 0.2) is 23.6 Å². The highest BCUT2D eigenvalue weighted by Gasteiger charge is 2.19. The molecule has 22 heavy (non-hydrogen) atoms. The van der Waals surface area contributed by atoms with Crippen LogP contribution in [-0.4, -0.2) is 17.1 Å². The summed E-state index contributed by atoms with van der Waals surface area (Å²) in [6, 6.07) is 5.54. The lowest BCUT2D eigenvalue weighted by Crippen LogP contribution is -1.92. The Morgan fingerprint density at radius 1 is 1.27 bits per heavy atom. The number of benzene rings is 1. The number of halogens is 2. The predicted octanol–water partition coefficient (Wildman–Crippen LogP) is 4.84. The fourth-order valence-electron chi connectivity index (χ4n) is 2.15. The average Bonchev–Trinajstić information content (AvgIpc) is 2.98. The largest absolute Gasteiger partial charge is 0.491 e. The second-order valence-electron chi connectivity index (χ2n) is 5.21. The third-order valence-electron chi connectivity index (χ3n) is 3.40. The molecule has 0 aliphatic rings. The smallest absolute Gasteiger partial charge is 0.293 e. The van der Waals surface area contributed by atoms with Crippen LogP contribution in [-0.2, 0) is 0 Å². The number of aromatic nitrogens is 2. The molecule has 0 saturated heterocycles. The fraction of sp³-hybridized carbons (Fsp3) is 0.250. The number of rotatable bonds is 3. The van der Waals surface area contributed by atoms with Crippen LogP contribution in [0.3, 0.4) is 0 Å². The summed E-state index contributed by atoms with van der Waals surface area (Å²) in [4.78, 5) is 9.30. The van der Waals surface area contributed by atoms with Crippen molar-refractivity contribution in [2.24, 2.45) is 0 Å². The molecule has 0 aliphatic carbocycles. The van der Waals surface area contributed by atoms with Crippen LogP contribution in [0.5, 0.6) is 5.75 Å². The van der Waals surface area contributed by atoms with E-state index in [0.29, 0.717) is 27.2 Å². The van der Waals surface area contributed by atoms with E-state index in [1.54, 1.807) is 18.4 Å². The molecule has 0 spiro atoms. The number of methoxy groups -OCH3 is 1. The minimum Gasteiger partial charge on any atom is -0.491 e. The van der Waals surface area contributed by atoms with Gasteiger partial charge in [-0.05, 0) is 24.1 Å². The zero-order valence-corrected chi connectivity index (χ0v) is 14.8. The molecule has 0 radical (unpaired) electrons. The van der Waals surface area contributed by atoms with Gasteiger partial charge in [0.05, 0.1) is 17.8 Å². The van der Waals surface area contributed by atoms with Gasteiger partial charge in [0.2, 0.25) is 0 Å². The second kappa shape index (κ2) is 6.03. The average molecular weight is 354 g/mol. The van der Waals surface area contributed by atoms with E-state index in [9.17, 15) is 0 Å². The van der Waals surface area contributed by atoms with E-state index < -0.39 is 0 Å². The lowest BCUT2D eigenvalue weighted by molar-refractivity contribution is -0.288. The van der Waals surface area contributed by atoms with Crippen LogP contribution >= 0.6 is 22.9 Å². The van der Waals surface area contributed by atoms with Crippen molar-refractivity contribution in [3.8, 4) is 16.5 Å². The van der Waals surface area contributed by atoms with Gasteiger partial charge in [-0.1, -0.05) is 25.4 Å². The van der Waals surface area contributed by atoms with Crippen LogP contribution in [0.25, 0.3) is 21.6 Å². The van der Waals surface area contributed by atoms with Gasteiger partial charge in [-0.25, -0.2) is 9.97 Å². The summed E-state index contributed by atoms with van der Waals surface area (Å²) in [7, 11) is 1.60. The van der Waals surface area contributed by atoms with Gasteiger partial charge in [-0.2, -0.15) is 0 Å². The van der Waals surface area contributed by atoms with Crippen molar-refractivity contribution in [2.75, 3.05) is 7.11 Å². The number of fused-ring (bicyclic) bond motifs is 1. The summed E-state index contributed by atoms with van der Waals surface area (Å²) in [5.41, 5.74) is 2.48. The van der Waals surface area contributed by atoms with Gasteiger partial charge in [-0.3, -0.25) is 0 Å². The van der Waals surface area contributed by atoms with E-state index in [1.807, 2.05) is 18.2 Å². The van der Waals surface area contributed by atoms with E-state index in [1.165, 1.54) is 0 Å². The van der Waals surface area contributed by atoms with E-state index in [2.05, 4.69) is 29.2 Å². The number of pyridine rings is 1. The third kappa shape index (κ3) is 2.67. The predicted molar refractivity (Wildman–Crippen MR) is 89.1 cm³/mol. The molecule has 0 aliphatic heterocycles. The van der Waals surface area contributed by atoms with Gasteiger partial charge in [0.15, 0.2) is 17.4 Å². The Morgan fingerprint density at radius 3 is 2.68 bits per heavy atom. The molecule has 2 heterocycles. The number of nitrogens with zero attached hydrogens (tertiary/aromatic N) is 2. The van der Waals surface area contributed by atoms with Crippen LogP contribution < -0.4 is 4.74 Å². The molecule has 0 fully saturated rings. The van der Waals surface area contributed by atoms with E-state index >= 15 is 0 Å². The van der Waals surface area contributed by atoms with Crippen molar-refractivity contribution >= 4 is 33.8 Å².